The van der Waals surface area contributed by atoms with Crippen LogP contribution in [0.15, 0.2) is 0 Å². The number of halogens is 2. The van der Waals surface area contributed by atoms with E-state index in [1.54, 1.807) is 0 Å². The summed E-state index contributed by atoms with van der Waals surface area (Å²) in [5.41, 5.74) is 4.38. The molecular weight excluding hydrogens is 267 g/mol. The van der Waals surface area contributed by atoms with Gasteiger partial charge in [-0.05, 0) is 0 Å². The van der Waals surface area contributed by atoms with Gasteiger partial charge in [-0.25, -0.2) is 0 Å². The van der Waals surface area contributed by atoms with Crippen molar-refractivity contribution < 1.29 is 34.6 Å². The maximum atomic E-state index is 10.6. The third kappa shape index (κ3) is 20.3. The molecule has 0 aromatic carbocycles. The number of nitrogens with two attached hydrogens (primary N) is 1. The molecule has 0 unspecified atom stereocenters. The summed E-state index contributed by atoms with van der Waals surface area (Å²) < 4.78 is 21.1. The molecule has 0 fully saturated rings. The molecule has 2 N–H and O–H groups in total. The van der Waals surface area contributed by atoms with Crippen LogP contribution in [0.5, 0.6) is 0 Å². The first-order valence-corrected chi connectivity index (χ1v) is 1.14. The largest absolute Gasteiger partial charge is 0.420 e. The van der Waals surface area contributed by atoms with Gasteiger partial charge in [-0.3, -0.25) is 0 Å². The molecule has 0 aromatic rings. The van der Waals surface area contributed by atoms with Crippen LogP contribution in [-0.4, -0.2) is 6.54 Å². The summed E-state index contributed by atoms with van der Waals surface area (Å²) in [4.78, 5) is 0. The molecule has 0 aliphatic heterocycles. The molecule has 0 rings (SSSR count). The van der Waals surface area contributed by atoms with Crippen molar-refractivity contribution in [1.29, 1.82) is 0 Å². The number of rotatable bonds is 1. The molecule has 0 saturated heterocycles. The molecule has 0 saturated carbocycles. The maximum absolute atomic E-state index is 10.6. The fourth-order valence-corrected chi connectivity index (χ4v) is 0. The van der Waals surface area contributed by atoms with Crippen LogP contribution in [0.4, 0.5) is 8.78 Å². The second kappa shape index (κ2) is 9.85. The normalized spacial score (nSPS) is 6.86. The minimum absolute atomic E-state index is 0. The first-order valence-electron chi connectivity index (χ1n) is 1.14. The molecular formula is C3H7F2HfN-2. The van der Waals surface area contributed by atoms with E-state index < -0.39 is 13.0 Å². The summed E-state index contributed by atoms with van der Waals surface area (Å²) >= 11 is 0. The molecule has 0 aliphatic carbocycles. The van der Waals surface area contributed by atoms with Gasteiger partial charge in [0.1, 0.15) is 0 Å². The second-order valence-corrected chi connectivity index (χ2v) is 0.543. The fourth-order valence-electron chi connectivity index (χ4n) is 0. The molecule has 44 valence electrons. The van der Waals surface area contributed by atoms with Gasteiger partial charge in [0.25, 0.3) is 0 Å². The van der Waals surface area contributed by atoms with E-state index in [1.807, 2.05) is 0 Å². The minimum atomic E-state index is -1.72. The molecule has 0 spiro atoms. The van der Waals surface area contributed by atoms with Crippen LogP contribution in [0.3, 0.4) is 0 Å². The summed E-state index contributed by atoms with van der Waals surface area (Å²) in [5.74, 6) is 0. The van der Waals surface area contributed by atoms with E-state index in [0.29, 0.717) is 0 Å². The Morgan fingerprint density at radius 1 is 1.43 bits per heavy atom. The van der Waals surface area contributed by atoms with Gasteiger partial charge in [-0.2, -0.15) is 0 Å². The average molecular weight is 274 g/mol. The van der Waals surface area contributed by atoms with Crippen molar-refractivity contribution in [1.82, 2.24) is 0 Å². The Hall–Kier alpha value is 0.690. The third-order valence-corrected chi connectivity index (χ3v) is 0.154. The standard InChI is InChI=1S/C2H4F2N.CH3.Hf/c3-2(4)1-5;;/h1,5H2;1H3;/q2*-1;. The van der Waals surface area contributed by atoms with Crippen LogP contribution >= 0.6 is 0 Å². The van der Waals surface area contributed by atoms with Gasteiger partial charge in [0.15, 0.2) is 0 Å². The predicted molar refractivity (Wildman–Crippen MR) is 20.9 cm³/mol. The van der Waals surface area contributed by atoms with Gasteiger partial charge in [0.05, 0.1) is 0 Å². The number of hydrogen-bond acceptors (Lipinski definition) is 1. The van der Waals surface area contributed by atoms with Crippen molar-refractivity contribution in [2.75, 3.05) is 6.54 Å². The molecule has 0 aromatic heterocycles. The van der Waals surface area contributed by atoms with E-state index in [2.05, 4.69) is 5.73 Å². The summed E-state index contributed by atoms with van der Waals surface area (Å²) in [6, 6.07) is 0. The quantitative estimate of drug-likeness (QED) is 0.556. The predicted octanol–water partition coefficient (Wildman–Crippen LogP) is 0.821. The fraction of sp³-hybridized carbons (Fsp3) is 0.333. The van der Waals surface area contributed by atoms with Gasteiger partial charge >= 0.3 is 0 Å². The molecule has 4 heteroatoms. The first-order chi connectivity index (χ1) is 2.27. The third-order valence-electron chi connectivity index (χ3n) is 0.154. The SMILES string of the molecule is NC[C-](F)F.[CH3-].[Hf]. The first kappa shape index (κ1) is 15.6. The van der Waals surface area contributed by atoms with Gasteiger partial charge in [0.2, 0.25) is 0 Å². The summed E-state index contributed by atoms with van der Waals surface area (Å²) in [6.07, 6.45) is -1.72. The monoisotopic (exact) mass is 275 g/mol. The Morgan fingerprint density at radius 3 is 1.57 bits per heavy atom. The topological polar surface area (TPSA) is 26.0 Å². The van der Waals surface area contributed by atoms with Gasteiger partial charge in [-0.15, -0.1) is 0 Å². The average Bonchev–Trinajstić information content (AvgIpc) is 1.38. The zero-order chi connectivity index (χ0) is 4.28. The van der Waals surface area contributed by atoms with Crippen molar-refractivity contribution in [2.24, 2.45) is 5.73 Å². The van der Waals surface area contributed by atoms with Crippen molar-refractivity contribution in [3.05, 3.63) is 13.9 Å². The van der Waals surface area contributed by atoms with E-state index in [4.69, 9.17) is 0 Å². The molecule has 0 amide bonds. The zero-order valence-electron chi connectivity index (χ0n) is 4.04. The Morgan fingerprint density at radius 2 is 1.57 bits per heavy atom. The van der Waals surface area contributed by atoms with E-state index in [1.165, 1.54) is 0 Å². The van der Waals surface area contributed by atoms with E-state index in [0.717, 1.165) is 0 Å². The van der Waals surface area contributed by atoms with Crippen molar-refractivity contribution in [2.45, 2.75) is 0 Å². The summed E-state index contributed by atoms with van der Waals surface area (Å²) in [5, 5.41) is 0. The van der Waals surface area contributed by atoms with E-state index >= 15 is 0 Å². The Kier molecular flexibility index (Phi) is 22.0. The smallest absolute Gasteiger partial charge is 0.0142 e. The van der Waals surface area contributed by atoms with Gasteiger partial charge in [0, 0.05) is 32.3 Å². The van der Waals surface area contributed by atoms with E-state index in [9.17, 15) is 8.78 Å². The molecule has 0 radical (unpaired) electrons. The van der Waals surface area contributed by atoms with Gasteiger partial charge < -0.3 is 21.9 Å². The number of hydrogen-bond donors (Lipinski definition) is 1. The zero-order valence-corrected chi connectivity index (χ0v) is 7.63. The van der Waals surface area contributed by atoms with Crippen LogP contribution < -0.4 is 5.73 Å². The molecule has 1 nitrogen and oxygen atoms in total. The Labute approximate surface area is 61.1 Å². The second-order valence-electron chi connectivity index (χ2n) is 0.543. The summed E-state index contributed by atoms with van der Waals surface area (Å²) in [7, 11) is 0. The van der Waals surface area contributed by atoms with Crippen LogP contribution in [0.25, 0.3) is 0 Å². The molecule has 0 bridgehead atoms. The molecule has 0 aliphatic rings. The van der Waals surface area contributed by atoms with Crippen LogP contribution in [0.1, 0.15) is 0 Å². The van der Waals surface area contributed by atoms with Crippen molar-refractivity contribution in [3.63, 3.8) is 0 Å². The van der Waals surface area contributed by atoms with Crippen molar-refractivity contribution >= 4 is 0 Å². The van der Waals surface area contributed by atoms with E-state index in [-0.39, 0.29) is 33.3 Å². The maximum Gasteiger partial charge on any atom is 0.0142 e. The van der Waals surface area contributed by atoms with Crippen LogP contribution in [0.2, 0.25) is 0 Å². The minimum Gasteiger partial charge on any atom is -0.420 e. The molecule has 0 atom stereocenters. The van der Waals surface area contributed by atoms with Crippen molar-refractivity contribution in [3.8, 4) is 0 Å². The van der Waals surface area contributed by atoms with Crippen LogP contribution in [0, 0.1) is 13.9 Å². The summed E-state index contributed by atoms with van der Waals surface area (Å²) in [6.45, 7) is -0.611. The Balaban J connectivity index is -0.0000000800. The molecule has 7 heavy (non-hydrogen) atoms. The van der Waals surface area contributed by atoms with Crippen LogP contribution in [-0.2, 0) is 25.8 Å². The Bertz CT molecular complexity index is 26.9. The molecule has 0 heterocycles. The van der Waals surface area contributed by atoms with Gasteiger partial charge in [-0.1, -0.05) is 6.54 Å².